The van der Waals surface area contributed by atoms with Crippen molar-refractivity contribution in [3.63, 3.8) is 0 Å². The summed E-state index contributed by atoms with van der Waals surface area (Å²) >= 11 is 6.00. The predicted molar refractivity (Wildman–Crippen MR) is 80.7 cm³/mol. The van der Waals surface area contributed by atoms with Gasteiger partial charge in [-0.05, 0) is 37.5 Å². The monoisotopic (exact) mass is 295 g/mol. The maximum absolute atomic E-state index is 12.0. The molecule has 0 bridgehead atoms. The zero-order chi connectivity index (χ0) is 14.6. The van der Waals surface area contributed by atoms with Crippen LogP contribution in [0.3, 0.4) is 0 Å². The first-order valence-electron chi connectivity index (χ1n) is 7.12. The van der Waals surface area contributed by atoms with Crippen LogP contribution in [0.2, 0.25) is 5.02 Å². The third-order valence-corrected chi connectivity index (χ3v) is 4.51. The third kappa shape index (κ3) is 3.53. The molecule has 0 amide bonds. The van der Waals surface area contributed by atoms with Crippen LogP contribution >= 0.6 is 11.6 Å². The van der Waals surface area contributed by atoms with Crippen molar-refractivity contribution in [1.29, 1.82) is 0 Å². The van der Waals surface area contributed by atoms with E-state index >= 15 is 0 Å². The van der Waals surface area contributed by atoms with Crippen molar-refractivity contribution in [3.8, 4) is 0 Å². The molecule has 2 atom stereocenters. The minimum absolute atomic E-state index is 0.0690. The summed E-state index contributed by atoms with van der Waals surface area (Å²) in [5.41, 5.74) is 0.932. The lowest BCUT2D eigenvalue weighted by atomic mass is 9.73. The average Bonchev–Trinajstić information content (AvgIpc) is 2.45. The van der Waals surface area contributed by atoms with Crippen molar-refractivity contribution in [2.75, 3.05) is 7.11 Å². The summed E-state index contributed by atoms with van der Waals surface area (Å²) in [5, 5.41) is 4.29. The topological polar surface area (TPSA) is 38.3 Å². The molecule has 0 heterocycles. The fraction of sp³-hybridized carbons (Fsp3) is 0.562. The van der Waals surface area contributed by atoms with E-state index in [2.05, 4.69) is 12.2 Å². The summed E-state index contributed by atoms with van der Waals surface area (Å²) in [4.78, 5) is 12.0. The van der Waals surface area contributed by atoms with Crippen LogP contribution in [0.15, 0.2) is 24.3 Å². The lowest BCUT2D eigenvalue weighted by molar-refractivity contribution is -0.149. The maximum Gasteiger partial charge on any atom is 0.310 e. The second-order valence-corrected chi connectivity index (χ2v) is 6.16. The highest BCUT2D eigenvalue weighted by molar-refractivity contribution is 6.30. The van der Waals surface area contributed by atoms with E-state index < -0.39 is 0 Å². The number of halogens is 1. The summed E-state index contributed by atoms with van der Waals surface area (Å²) in [6.45, 7) is 2.84. The van der Waals surface area contributed by atoms with E-state index in [1.165, 1.54) is 7.11 Å². The van der Waals surface area contributed by atoms with Gasteiger partial charge in [0.1, 0.15) is 0 Å². The normalized spacial score (nSPS) is 26.2. The van der Waals surface area contributed by atoms with Crippen LogP contribution in [0.5, 0.6) is 0 Å². The second kappa shape index (κ2) is 6.59. The van der Waals surface area contributed by atoms with E-state index in [1.54, 1.807) is 0 Å². The number of ether oxygens (including phenoxy) is 1. The van der Waals surface area contributed by atoms with Crippen LogP contribution in [0, 0.1) is 5.92 Å². The van der Waals surface area contributed by atoms with Gasteiger partial charge in [0, 0.05) is 17.1 Å². The molecular formula is C16H22ClNO2. The number of benzene rings is 1. The second-order valence-electron chi connectivity index (χ2n) is 5.72. The fourth-order valence-electron chi connectivity index (χ4n) is 3.02. The van der Waals surface area contributed by atoms with Crippen LogP contribution in [0.25, 0.3) is 0 Å². The molecule has 0 spiro atoms. The van der Waals surface area contributed by atoms with Crippen molar-refractivity contribution in [2.24, 2.45) is 5.92 Å². The smallest absolute Gasteiger partial charge is 0.310 e. The van der Waals surface area contributed by atoms with Gasteiger partial charge in [-0.15, -0.1) is 0 Å². The van der Waals surface area contributed by atoms with E-state index in [0.29, 0.717) is 6.54 Å². The summed E-state index contributed by atoms with van der Waals surface area (Å²) < 4.78 is 4.96. The lowest BCUT2D eigenvalue weighted by Gasteiger charge is -2.40. The fourth-order valence-corrected chi connectivity index (χ4v) is 3.23. The molecule has 0 radical (unpaired) electrons. The summed E-state index contributed by atoms with van der Waals surface area (Å²) in [5.74, 6) is -0.175. The SMILES string of the molecule is COC(=O)[C@@H]1CCCC[C@@]1(C)NCc1cccc(Cl)c1. The molecule has 1 aromatic carbocycles. The highest BCUT2D eigenvalue weighted by Crippen LogP contribution is 2.34. The van der Waals surface area contributed by atoms with Gasteiger partial charge >= 0.3 is 5.97 Å². The Morgan fingerprint density at radius 1 is 1.50 bits per heavy atom. The predicted octanol–water partition coefficient (Wildman–Crippen LogP) is 3.55. The van der Waals surface area contributed by atoms with Gasteiger partial charge in [-0.3, -0.25) is 4.79 Å². The Balaban J connectivity index is 2.06. The lowest BCUT2D eigenvalue weighted by Crippen LogP contribution is -2.53. The molecule has 1 aromatic rings. The number of carbonyl (C=O) groups excluding carboxylic acids is 1. The quantitative estimate of drug-likeness (QED) is 0.863. The van der Waals surface area contributed by atoms with Crippen LogP contribution in [-0.2, 0) is 16.1 Å². The molecule has 1 fully saturated rings. The first-order valence-corrected chi connectivity index (χ1v) is 7.50. The summed E-state index contributed by atoms with van der Waals surface area (Å²) in [7, 11) is 1.47. The molecule has 20 heavy (non-hydrogen) atoms. The Kier molecular flexibility index (Phi) is 5.06. The van der Waals surface area contributed by atoms with Crippen molar-refractivity contribution < 1.29 is 9.53 Å². The van der Waals surface area contributed by atoms with Gasteiger partial charge in [-0.2, -0.15) is 0 Å². The Hall–Kier alpha value is -1.06. The Morgan fingerprint density at radius 3 is 3.00 bits per heavy atom. The van der Waals surface area contributed by atoms with Crippen LogP contribution in [0.1, 0.15) is 38.2 Å². The molecule has 0 unspecified atom stereocenters. The van der Waals surface area contributed by atoms with Gasteiger partial charge in [0.15, 0.2) is 0 Å². The Labute approximate surface area is 125 Å². The number of esters is 1. The molecule has 0 aliphatic heterocycles. The number of methoxy groups -OCH3 is 1. The molecule has 2 rings (SSSR count). The van der Waals surface area contributed by atoms with Crippen LogP contribution < -0.4 is 5.32 Å². The van der Waals surface area contributed by atoms with E-state index in [4.69, 9.17) is 16.3 Å². The van der Waals surface area contributed by atoms with Crippen molar-refractivity contribution in [3.05, 3.63) is 34.9 Å². The zero-order valence-corrected chi connectivity index (χ0v) is 12.9. The summed E-state index contributed by atoms with van der Waals surface area (Å²) in [6, 6.07) is 7.80. The molecule has 4 heteroatoms. The number of hydrogen-bond donors (Lipinski definition) is 1. The molecule has 3 nitrogen and oxygen atoms in total. The standard InChI is InChI=1S/C16H22ClNO2/c1-16(9-4-3-8-14(16)15(19)20-2)18-11-12-6-5-7-13(17)10-12/h5-7,10,14,18H,3-4,8-9,11H2,1-2H3/t14-,16+/m0/s1. The molecule has 110 valence electrons. The summed E-state index contributed by atoms with van der Waals surface area (Å²) in [6.07, 6.45) is 4.12. The van der Waals surface area contributed by atoms with Gasteiger partial charge in [0.25, 0.3) is 0 Å². The largest absolute Gasteiger partial charge is 0.469 e. The minimum Gasteiger partial charge on any atom is -0.469 e. The van der Waals surface area contributed by atoms with Gasteiger partial charge in [0.05, 0.1) is 13.0 Å². The Morgan fingerprint density at radius 2 is 2.30 bits per heavy atom. The molecule has 0 aromatic heterocycles. The average molecular weight is 296 g/mol. The van der Waals surface area contributed by atoms with Crippen LogP contribution in [-0.4, -0.2) is 18.6 Å². The zero-order valence-electron chi connectivity index (χ0n) is 12.1. The molecular weight excluding hydrogens is 274 g/mol. The van der Waals surface area contributed by atoms with E-state index in [9.17, 15) is 4.79 Å². The molecule has 1 aliphatic carbocycles. The van der Waals surface area contributed by atoms with Crippen LogP contribution in [0.4, 0.5) is 0 Å². The molecule has 0 saturated heterocycles. The Bertz CT molecular complexity index is 477. The molecule has 1 N–H and O–H groups in total. The van der Waals surface area contributed by atoms with Crippen molar-refractivity contribution in [1.82, 2.24) is 5.32 Å². The number of carbonyl (C=O) groups is 1. The van der Waals surface area contributed by atoms with Gasteiger partial charge < -0.3 is 10.1 Å². The van der Waals surface area contributed by atoms with Gasteiger partial charge in [-0.25, -0.2) is 0 Å². The van der Waals surface area contributed by atoms with E-state index in [0.717, 1.165) is 36.3 Å². The first kappa shape index (κ1) is 15.3. The maximum atomic E-state index is 12.0. The van der Waals surface area contributed by atoms with E-state index in [1.807, 2.05) is 24.3 Å². The highest BCUT2D eigenvalue weighted by atomic mass is 35.5. The van der Waals surface area contributed by atoms with E-state index in [-0.39, 0.29) is 17.4 Å². The van der Waals surface area contributed by atoms with Gasteiger partial charge in [0.2, 0.25) is 0 Å². The third-order valence-electron chi connectivity index (χ3n) is 4.28. The van der Waals surface area contributed by atoms with Crippen molar-refractivity contribution in [2.45, 2.75) is 44.7 Å². The van der Waals surface area contributed by atoms with Gasteiger partial charge in [-0.1, -0.05) is 36.6 Å². The number of hydrogen-bond acceptors (Lipinski definition) is 3. The molecule has 1 aliphatic rings. The van der Waals surface area contributed by atoms with Crippen molar-refractivity contribution >= 4 is 17.6 Å². The minimum atomic E-state index is -0.201. The molecule has 1 saturated carbocycles. The number of rotatable bonds is 4. The first-order chi connectivity index (χ1) is 9.55. The highest BCUT2D eigenvalue weighted by Gasteiger charge is 2.41. The number of nitrogens with one attached hydrogen (secondary N) is 1.